The van der Waals surface area contributed by atoms with Crippen LogP contribution in [0.2, 0.25) is 5.02 Å². The van der Waals surface area contributed by atoms with Crippen molar-refractivity contribution in [2.45, 2.75) is 0 Å². The summed E-state index contributed by atoms with van der Waals surface area (Å²) in [7, 11) is 0. The molecule has 0 unspecified atom stereocenters. The van der Waals surface area contributed by atoms with Gasteiger partial charge in [-0.1, -0.05) is 35.9 Å². The molecule has 0 aromatic heterocycles. The van der Waals surface area contributed by atoms with E-state index in [1.165, 1.54) is 6.07 Å². The predicted octanol–water partition coefficient (Wildman–Crippen LogP) is 1.56. The molecule has 0 bridgehead atoms. The van der Waals surface area contributed by atoms with Crippen LogP contribution in [-0.4, -0.2) is 11.1 Å². The normalized spacial score (nSPS) is 9.81. The van der Waals surface area contributed by atoms with E-state index in [-0.39, 0.29) is 60.5 Å². The number of fused-ring (bicyclic) bond motifs is 1. The average Bonchev–Trinajstić information content (AvgIpc) is 2.19. The van der Waals surface area contributed by atoms with Crippen LogP contribution in [0.4, 0.5) is 0 Å². The fourth-order valence-electron chi connectivity index (χ4n) is 1.51. The van der Waals surface area contributed by atoms with Gasteiger partial charge in [0.25, 0.3) is 0 Å². The van der Waals surface area contributed by atoms with Crippen LogP contribution in [0.5, 0.6) is 5.75 Å². The third kappa shape index (κ3) is 2.41. The topological polar surface area (TPSA) is 60.4 Å². The van der Waals surface area contributed by atoms with Gasteiger partial charge < -0.3 is 15.0 Å². The SMILES string of the molecule is O=C([O-])c1c(O)c(Cl)cc2ccccc12.[Fr+]. The minimum atomic E-state index is -1.44. The quantitative estimate of drug-likeness (QED) is 0.726. The number of phenols is 1. The fourth-order valence-corrected chi connectivity index (χ4v) is 1.72. The van der Waals surface area contributed by atoms with Crippen molar-refractivity contribution in [2.24, 2.45) is 0 Å². The van der Waals surface area contributed by atoms with Gasteiger partial charge in [-0.3, -0.25) is 0 Å². The van der Waals surface area contributed by atoms with Gasteiger partial charge in [0.1, 0.15) is 5.75 Å². The smallest absolute Gasteiger partial charge is 0.545 e. The minimum Gasteiger partial charge on any atom is -0.545 e. The van der Waals surface area contributed by atoms with E-state index in [2.05, 4.69) is 0 Å². The number of halogens is 1. The number of hydrogen-bond donors (Lipinski definition) is 1. The van der Waals surface area contributed by atoms with E-state index in [4.69, 9.17) is 11.6 Å². The van der Waals surface area contributed by atoms with Gasteiger partial charge in [-0.2, -0.15) is 0 Å². The van der Waals surface area contributed by atoms with Crippen molar-refractivity contribution in [1.82, 2.24) is 0 Å². The van der Waals surface area contributed by atoms with Crippen molar-refractivity contribution in [1.29, 1.82) is 0 Å². The molecule has 0 amide bonds. The first-order valence-corrected chi connectivity index (χ1v) is 4.60. The molecular weight excluding hydrogens is 439 g/mol. The monoisotopic (exact) mass is 444 g/mol. The molecule has 0 radical (unpaired) electrons. The standard InChI is InChI=1S/C11H7ClO3.Fr/c12-8-5-6-3-1-2-4-7(6)9(10(8)13)11(14)15;/h1-5,13H,(H,14,15);/q;+1/p-1. The largest absolute Gasteiger partial charge is 1.00 e. The molecule has 76 valence electrons. The van der Waals surface area contributed by atoms with Gasteiger partial charge in [-0.15, -0.1) is 0 Å². The number of aromatic carboxylic acids is 1. The van der Waals surface area contributed by atoms with Crippen LogP contribution in [0.15, 0.2) is 30.3 Å². The van der Waals surface area contributed by atoms with E-state index in [1.807, 2.05) is 0 Å². The third-order valence-corrected chi connectivity index (χ3v) is 2.47. The first-order valence-electron chi connectivity index (χ1n) is 4.23. The summed E-state index contributed by atoms with van der Waals surface area (Å²) in [6.07, 6.45) is 0. The molecule has 0 fully saturated rings. The van der Waals surface area contributed by atoms with Crippen LogP contribution in [0.1, 0.15) is 10.4 Å². The van der Waals surface area contributed by atoms with Crippen LogP contribution >= 0.6 is 11.6 Å². The predicted molar refractivity (Wildman–Crippen MR) is 55.0 cm³/mol. The molecule has 2 rings (SSSR count). The van der Waals surface area contributed by atoms with Crippen LogP contribution < -0.4 is 5.11 Å². The molecule has 2 aromatic rings. The number of carbonyl (C=O) groups excluding carboxylic acids is 1. The second-order valence-electron chi connectivity index (χ2n) is 3.09. The molecule has 0 aliphatic rings. The Kier molecular flexibility index (Phi) is 4.75. The Morgan fingerprint density at radius 3 is 2.56 bits per heavy atom. The van der Waals surface area contributed by atoms with Gasteiger partial charge >= 0.3 is 49.9 Å². The maximum atomic E-state index is 10.9. The summed E-state index contributed by atoms with van der Waals surface area (Å²) in [5, 5.41) is 21.4. The van der Waals surface area contributed by atoms with Gasteiger partial charge in [0.2, 0.25) is 0 Å². The van der Waals surface area contributed by atoms with Gasteiger partial charge in [0, 0.05) is 5.56 Å². The average molecular weight is 445 g/mol. The number of hydrogen-bond acceptors (Lipinski definition) is 3. The van der Waals surface area contributed by atoms with E-state index in [9.17, 15) is 15.0 Å². The fraction of sp³-hybridized carbons (Fsp3) is 0. The zero-order chi connectivity index (χ0) is 11.0. The van der Waals surface area contributed by atoms with Gasteiger partial charge in [-0.25, -0.2) is 0 Å². The maximum Gasteiger partial charge on any atom is 1.00 e. The second kappa shape index (κ2) is 5.46. The summed E-state index contributed by atoms with van der Waals surface area (Å²) < 4.78 is 0. The minimum absolute atomic E-state index is 0. The van der Waals surface area contributed by atoms with Crippen molar-refractivity contribution in [3.05, 3.63) is 40.9 Å². The summed E-state index contributed by atoms with van der Waals surface area (Å²) in [4.78, 5) is 10.9. The van der Waals surface area contributed by atoms with Crippen LogP contribution in [0.25, 0.3) is 10.8 Å². The molecule has 0 heterocycles. The molecular formula is C11H6ClFrO3. The Hall–Kier alpha value is -0.143. The van der Waals surface area contributed by atoms with Gasteiger partial charge in [0.15, 0.2) is 0 Å². The van der Waals surface area contributed by atoms with E-state index in [0.29, 0.717) is 10.8 Å². The van der Waals surface area contributed by atoms with Crippen molar-refractivity contribution in [3.63, 3.8) is 0 Å². The number of benzene rings is 2. The molecule has 0 atom stereocenters. The molecule has 0 aliphatic carbocycles. The molecule has 2 aromatic carbocycles. The Morgan fingerprint density at radius 1 is 1.31 bits per heavy atom. The first-order chi connectivity index (χ1) is 7.11. The maximum absolute atomic E-state index is 10.9. The zero-order valence-corrected chi connectivity index (χ0v) is 17.5. The molecule has 0 saturated carbocycles. The Labute approximate surface area is 138 Å². The van der Waals surface area contributed by atoms with Crippen molar-refractivity contribution in [3.8, 4) is 5.75 Å². The van der Waals surface area contributed by atoms with E-state index in [0.717, 1.165) is 0 Å². The first kappa shape index (κ1) is 13.9. The summed E-state index contributed by atoms with van der Waals surface area (Å²) in [5.74, 6) is -1.89. The summed E-state index contributed by atoms with van der Waals surface area (Å²) in [5.41, 5.74) is -0.266. The third-order valence-electron chi connectivity index (χ3n) is 2.18. The van der Waals surface area contributed by atoms with Crippen LogP contribution in [0.3, 0.4) is 0 Å². The molecule has 3 nitrogen and oxygen atoms in total. The molecule has 0 spiro atoms. The van der Waals surface area contributed by atoms with Crippen molar-refractivity contribution in [2.75, 3.05) is 0 Å². The number of rotatable bonds is 1. The molecule has 1 N–H and O–H groups in total. The van der Waals surface area contributed by atoms with Gasteiger partial charge in [0.05, 0.1) is 11.0 Å². The molecule has 0 saturated heterocycles. The van der Waals surface area contributed by atoms with Gasteiger partial charge in [-0.05, 0) is 16.8 Å². The number of carbonyl (C=O) groups is 1. The van der Waals surface area contributed by atoms with Crippen LogP contribution in [-0.2, 0) is 0 Å². The van der Waals surface area contributed by atoms with Crippen molar-refractivity contribution >= 4 is 28.3 Å². The Bertz CT molecular complexity index is 554. The summed E-state index contributed by atoms with van der Waals surface area (Å²) >= 11 is 5.70. The van der Waals surface area contributed by atoms with E-state index in [1.54, 1.807) is 24.3 Å². The Balaban J connectivity index is 0.00000128. The molecule has 0 aliphatic heterocycles. The van der Waals surface area contributed by atoms with Crippen LogP contribution in [0, 0.1) is 49.9 Å². The van der Waals surface area contributed by atoms with E-state index >= 15 is 0 Å². The summed E-state index contributed by atoms with van der Waals surface area (Å²) in [6.45, 7) is 0. The molecule has 5 heteroatoms. The number of carboxylic acids is 1. The number of aromatic hydroxyl groups is 1. The van der Waals surface area contributed by atoms with Crippen molar-refractivity contribution < 1.29 is 64.9 Å². The Morgan fingerprint density at radius 2 is 1.94 bits per heavy atom. The zero-order valence-electron chi connectivity index (χ0n) is 8.53. The summed E-state index contributed by atoms with van der Waals surface area (Å²) in [6, 6.07) is 8.26. The number of carboxylic acid groups (broad SMARTS) is 1. The van der Waals surface area contributed by atoms with E-state index < -0.39 is 11.7 Å². The molecule has 16 heavy (non-hydrogen) atoms. The second-order valence-corrected chi connectivity index (χ2v) is 3.50.